The third-order valence-electron chi connectivity index (χ3n) is 4.55. The van der Waals surface area contributed by atoms with Crippen LogP contribution in [-0.2, 0) is 32.7 Å². The standard InChI is InChI=1S/C14H11N2OS.C10H9N2O.Y/c1-17-13-6-3-2-5-11(13)16-10-15-9-12(16)14-7-4-8-18-14;1-7-3-4-9-11-8(2)5-10(13)12(9)6-7;/h2-9H,1H3;3-6H,2H2,1H3;/q2*-1;. The monoisotopic (exact) mass is 517 g/mol. The van der Waals surface area contributed by atoms with E-state index >= 15 is 0 Å². The number of fused-ring (bicyclic) bond motifs is 1. The van der Waals surface area contributed by atoms with E-state index in [0.29, 0.717) is 11.3 Å². The van der Waals surface area contributed by atoms with Gasteiger partial charge in [-0.05, 0) is 35.7 Å². The Balaban J connectivity index is 0.000000184. The Morgan fingerprint density at radius 2 is 1.94 bits per heavy atom. The zero-order valence-electron chi connectivity index (χ0n) is 17.7. The van der Waals surface area contributed by atoms with Gasteiger partial charge in [0, 0.05) is 55.8 Å². The number of hydrogen-bond donors (Lipinski definition) is 0. The fourth-order valence-electron chi connectivity index (χ4n) is 3.11. The topological polar surface area (TPSA) is 61.4 Å². The number of pyridine rings is 1. The number of hydrogen-bond acceptors (Lipinski definition) is 5. The number of imidazole rings is 1. The molecular formula is C24H20N4O2SY-2. The van der Waals surface area contributed by atoms with E-state index in [2.05, 4.69) is 34.7 Å². The third kappa shape index (κ3) is 5.18. The van der Waals surface area contributed by atoms with Gasteiger partial charge in [-0.2, -0.15) is 11.3 Å². The van der Waals surface area contributed by atoms with Gasteiger partial charge in [0.15, 0.2) is 5.56 Å². The molecule has 5 rings (SSSR count). The number of rotatable bonds is 3. The van der Waals surface area contributed by atoms with Crippen molar-refractivity contribution in [2.45, 2.75) is 6.92 Å². The first-order chi connectivity index (χ1) is 15.1. The van der Waals surface area contributed by atoms with E-state index in [1.165, 1.54) is 10.5 Å². The molecule has 0 aliphatic heterocycles. The molecule has 5 aromatic rings. The predicted molar refractivity (Wildman–Crippen MR) is 123 cm³/mol. The van der Waals surface area contributed by atoms with Gasteiger partial charge in [-0.15, -0.1) is 6.07 Å². The van der Waals surface area contributed by atoms with Crippen molar-refractivity contribution in [3.63, 3.8) is 0 Å². The molecule has 1 radical (unpaired) electrons. The Kier molecular flexibility index (Phi) is 8.01. The van der Waals surface area contributed by atoms with Crippen molar-refractivity contribution in [1.29, 1.82) is 0 Å². The van der Waals surface area contributed by atoms with Crippen LogP contribution in [0.5, 0.6) is 5.75 Å². The molecule has 0 fully saturated rings. The van der Waals surface area contributed by atoms with Crippen LogP contribution in [0.25, 0.3) is 21.9 Å². The summed E-state index contributed by atoms with van der Waals surface area (Å²) in [5, 5.41) is 2.05. The van der Waals surface area contributed by atoms with Gasteiger partial charge in [0.2, 0.25) is 0 Å². The van der Waals surface area contributed by atoms with E-state index in [0.717, 1.165) is 27.6 Å². The summed E-state index contributed by atoms with van der Waals surface area (Å²) in [6.45, 7) is 5.56. The van der Waals surface area contributed by atoms with E-state index in [4.69, 9.17) is 4.74 Å². The number of thiophene rings is 1. The van der Waals surface area contributed by atoms with E-state index in [1.54, 1.807) is 24.6 Å². The average Bonchev–Trinajstić information content (AvgIpc) is 3.46. The van der Waals surface area contributed by atoms with Gasteiger partial charge in [-0.25, -0.2) is 6.92 Å². The van der Waals surface area contributed by atoms with Crippen LogP contribution >= 0.6 is 11.3 Å². The maximum absolute atomic E-state index is 11.4. The van der Waals surface area contributed by atoms with Crippen molar-refractivity contribution in [3.05, 3.63) is 107 Å². The van der Waals surface area contributed by atoms with Crippen molar-refractivity contribution >= 4 is 17.0 Å². The van der Waals surface area contributed by atoms with Crippen LogP contribution in [0.2, 0.25) is 0 Å². The van der Waals surface area contributed by atoms with E-state index in [-0.39, 0.29) is 38.3 Å². The van der Waals surface area contributed by atoms with E-state index in [1.807, 2.05) is 60.2 Å². The minimum Gasteiger partial charge on any atom is -0.504 e. The van der Waals surface area contributed by atoms with Crippen LogP contribution in [0.1, 0.15) is 11.3 Å². The van der Waals surface area contributed by atoms with Crippen molar-refractivity contribution in [2.24, 2.45) is 0 Å². The second kappa shape index (κ2) is 10.7. The van der Waals surface area contributed by atoms with Crippen LogP contribution in [0.3, 0.4) is 0 Å². The Morgan fingerprint density at radius 1 is 1.12 bits per heavy atom. The minimum absolute atomic E-state index is 0. The van der Waals surface area contributed by atoms with Gasteiger partial charge >= 0.3 is 0 Å². The average molecular weight is 517 g/mol. The number of aromatic nitrogens is 4. The number of benzene rings is 1. The molecule has 0 spiro atoms. The molecule has 0 saturated carbocycles. The summed E-state index contributed by atoms with van der Waals surface area (Å²) in [6, 6.07) is 17.1. The Bertz CT molecular complexity index is 1380. The second-order valence-corrected chi connectivity index (χ2v) is 7.70. The second-order valence-electron chi connectivity index (χ2n) is 6.75. The number of ether oxygens (including phenoxy) is 1. The number of nitrogens with zero attached hydrogens (tertiary/aromatic N) is 4. The molecule has 159 valence electrons. The smallest absolute Gasteiger partial charge is 0.176 e. The quantitative estimate of drug-likeness (QED) is 0.329. The number of methoxy groups -OCH3 is 1. The fraction of sp³-hybridized carbons (Fsp3) is 0.0833. The zero-order valence-corrected chi connectivity index (χ0v) is 21.4. The molecular weight excluding hydrogens is 497 g/mol. The molecule has 1 aromatic carbocycles. The molecule has 0 saturated heterocycles. The predicted octanol–water partition coefficient (Wildman–Crippen LogP) is 4.59. The maximum atomic E-state index is 11.4. The molecule has 0 atom stereocenters. The molecule has 8 heteroatoms. The number of aryl methyl sites for hydroxylation is 1. The van der Waals surface area contributed by atoms with Crippen LogP contribution in [0.15, 0.2) is 77.2 Å². The Morgan fingerprint density at radius 3 is 2.69 bits per heavy atom. The maximum Gasteiger partial charge on any atom is 0.176 e. The molecule has 6 nitrogen and oxygen atoms in total. The zero-order chi connectivity index (χ0) is 21.8. The minimum atomic E-state index is -0.0845. The van der Waals surface area contributed by atoms with Crippen molar-refractivity contribution in [3.8, 4) is 22.0 Å². The van der Waals surface area contributed by atoms with Gasteiger partial charge in [0.05, 0.1) is 7.11 Å². The van der Waals surface area contributed by atoms with E-state index < -0.39 is 0 Å². The van der Waals surface area contributed by atoms with Gasteiger partial charge < -0.3 is 14.3 Å². The summed E-state index contributed by atoms with van der Waals surface area (Å²) in [7, 11) is 1.67. The summed E-state index contributed by atoms with van der Waals surface area (Å²) in [5.74, 6) is 0.810. The molecule has 4 heterocycles. The Hall–Kier alpha value is -2.74. The van der Waals surface area contributed by atoms with Crippen molar-refractivity contribution in [1.82, 2.24) is 18.9 Å². The summed E-state index contributed by atoms with van der Waals surface area (Å²) >= 11 is 1.68. The van der Waals surface area contributed by atoms with Crippen LogP contribution in [-0.4, -0.2) is 26.0 Å². The molecule has 4 aromatic heterocycles. The van der Waals surface area contributed by atoms with Gasteiger partial charge in [0.1, 0.15) is 11.4 Å². The largest absolute Gasteiger partial charge is 0.504 e. The molecule has 0 aliphatic rings. The molecule has 0 bridgehead atoms. The summed E-state index contributed by atoms with van der Waals surface area (Å²) in [5.41, 5.74) is 4.07. The van der Waals surface area contributed by atoms with Gasteiger partial charge in [-0.1, -0.05) is 48.3 Å². The van der Waals surface area contributed by atoms with Gasteiger partial charge in [0.25, 0.3) is 0 Å². The van der Waals surface area contributed by atoms with Crippen LogP contribution in [0.4, 0.5) is 0 Å². The fourth-order valence-corrected chi connectivity index (χ4v) is 3.84. The van der Waals surface area contributed by atoms with Gasteiger partial charge in [-0.3, -0.25) is 14.2 Å². The molecule has 32 heavy (non-hydrogen) atoms. The van der Waals surface area contributed by atoms with Crippen LogP contribution in [0, 0.1) is 20.2 Å². The molecule has 0 amide bonds. The van der Waals surface area contributed by atoms with E-state index in [9.17, 15) is 4.79 Å². The normalized spacial score (nSPS) is 10.2. The first-order valence-electron chi connectivity index (χ1n) is 9.51. The van der Waals surface area contributed by atoms with Crippen molar-refractivity contribution in [2.75, 3.05) is 7.11 Å². The van der Waals surface area contributed by atoms with Crippen LogP contribution < -0.4 is 10.3 Å². The first-order valence-corrected chi connectivity index (χ1v) is 10.4. The molecule has 0 unspecified atom stereocenters. The summed E-state index contributed by atoms with van der Waals surface area (Å²) in [4.78, 5) is 20.8. The first kappa shape index (κ1) is 23.9. The van der Waals surface area contributed by atoms with Crippen molar-refractivity contribution < 1.29 is 37.4 Å². The summed E-state index contributed by atoms with van der Waals surface area (Å²) in [6.07, 6.45) is 6.56. The summed E-state index contributed by atoms with van der Waals surface area (Å²) < 4.78 is 8.82. The molecule has 0 aliphatic carbocycles. The SMILES string of the molecule is COc1ccccc1-n1[c-]ncc1-c1cccs1.[CH2-]c1cc(=O)n2cc(C)ccc2n1.[Y]. The third-order valence-corrected chi connectivity index (χ3v) is 5.44. The Labute approximate surface area is 215 Å². The molecule has 0 N–H and O–H groups in total. The number of para-hydroxylation sites is 2.